The Labute approximate surface area is 208 Å². The molecule has 0 saturated carbocycles. The standard InChI is InChI=1S/C14H46O10Si8/c1-12-15-25-18-32(19-26-16-13-2,20-27-17-14-3)24-31(10,11)23-30(8,9)22-29(6,7)21-28(4)5/h28H,12-14,25-27H2,1-11H3. The average molecular weight is 599 g/mol. The summed E-state index contributed by atoms with van der Waals surface area (Å²) in [6.07, 6.45) is 0. The van der Waals surface area contributed by atoms with Gasteiger partial charge in [0.2, 0.25) is 0 Å². The number of hydrogen-bond donors (Lipinski definition) is 0. The van der Waals surface area contributed by atoms with Crippen molar-refractivity contribution in [2.75, 3.05) is 19.8 Å². The maximum absolute atomic E-state index is 6.54. The van der Waals surface area contributed by atoms with E-state index in [1.54, 1.807) is 0 Å². The van der Waals surface area contributed by atoms with Crippen LogP contribution < -0.4 is 0 Å². The van der Waals surface area contributed by atoms with Crippen molar-refractivity contribution in [3.8, 4) is 0 Å². The summed E-state index contributed by atoms with van der Waals surface area (Å²) in [5.41, 5.74) is 0. The van der Waals surface area contributed by atoms with Gasteiger partial charge in [-0.05, 0) is 73.1 Å². The first-order valence-corrected chi connectivity index (χ1v) is 27.5. The van der Waals surface area contributed by atoms with Gasteiger partial charge in [-0.3, -0.25) is 0 Å². The summed E-state index contributed by atoms with van der Waals surface area (Å²) < 4.78 is 60.5. The molecule has 0 aliphatic heterocycles. The van der Waals surface area contributed by atoms with E-state index in [0.29, 0.717) is 19.8 Å². The van der Waals surface area contributed by atoms with Crippen molar-refractivity contribution in [2.45, 2.75) is 73.1 Å². The van der Waals surface area contributed by atoms with Gasteiger partial charge in [0, 0.05) is 19.8 Å². The van der Waals surface area contributed by atoms with Crippen LogP contribution in [0, 0.1) is 0 Å². The Hall–Kier alpha value is 1.34. The van der Waals surface area contributed by atoms with Crippen LogP contribution in [0.3, 0.4) is 0 Å². The van der Waals surface area contributed by atoms with E-state index in [0.717, 1.165) is 0 Å². The van der Waals surface area contributed by atoms with Crippen LogP contribution in [-0.2, 0) is 42.1 Å². The second-order valence-electron chi connectivity index (χ2n) is 8.44. The highest BCUT2D eigenvalue weighted by atomic mass is 28.5. The lowest BCUT2D eigenvalue weighted by Gasteiger charge is -2.41. The van der Waals surface area contributed by atoms with E-state index >= 15 is 0 Å². The quantitative estimate of drug-likeness (QED) is 0.148. The monoisotopic (exact) mass is 598 g/mol. The van der Waals surface area contributed by atoms with E-state index in [2.05, 4.69) is 26.2 Å². The zero-order chi connectivity index (χ0) is 24.9. The van der Waals surface area contributed by atoms with Crippen LogP contribution in [0.2, 0.25) is 52.4 Å². The number of hydrogen-bond acceptors (Lipinski definition) is 10. The highest BCUT2D eigenvalue weighted by molar-refractivity contribution is 6.88. The van der Waals surface area contributed by atoms with Crippen molar-refractivity contribution in [2.24, 2.45) is 0 Å². The van der Waals surface area contributed by atoms with Crippen LogP contribution in [0.4, 0.5) is 0 Å². The number of rotatable bonds is 20. The molecule has 0 aromatic rings. The van der Waals surface area contributed by atoms with Crippen LogP contribution in [0.15, 0.2) is 0 Å². The molecule has 194 valence electrons. The fourth-order valence-corrected chi connectivity index (χ4v) is 29.8. The van der Waals surface area contributed by atoms with Crippen LogP contribution >= 0.6 is 0 Å². The maximum Gasteiger partial charge on any atom is 0.642 e. The third-order valence-corrected chi connectivity index (χ3v) is 25.8. The van der Waals surface area contributed by atoms with Gasteiger partial charge in [0.05, 0.1) is 0 Å². The molecule has 18 heteroatoms. The zero-order valence-corrected chi connectivity index (χ0v) is 31.3. The summed E-state index contributed by atoms with van der Waals surface area (Å²) >= 11 is 0. The molecule has 0 aromatic heterocycles. The molecule has 0 rings (SSSR count). The lowest BCUT2D eigenvalue weighted by Crippen LogP contribution is -2.62. The van der Waals surface area contributed by atoms with E-state index in [1.807, 2.05) is 47.0 Å². The van der Waals surface area contributed by atoms with Crippen molar-refractivity contribution < 1.29 is 42.1 Å². The molecule has 0 aliphatic rings. The molecule has 10 nitrogen and oxygen atoms in total. The Morgan fingerprint density at radius 1 is 0.562 bits per heavy atom. The van der Waals surface area contributed by atoms with Crippen molar-refractivity contribution in [3.05, 3.63) is 0 Å². The molecular weight excluding hydrogens is 553 g/mol. The average Bonchev–Trinajstić information content (AvgIpc) is 2.58. The Morgan fingerprint density at radius 3 is 1.25 bits per heavy atom. The molecule has 0 heterocycles. The topological polar surface area (TPSA) is 92.3 Å². The normalized spacial score (nSPS) is 16.5. The molecule has 0 amide bonds. The summed E-state index contributed by atoms with van der Waals surface area (Å²) in [5.74, 6) is 0. The SMILES string of the molecule is CCO[SiH2]O[Si](O[SiH2]OCC)(O[SiH2]OCC)O[Si](C)(C)O[Si](C)(C)O[Si](C)(C)O[SiH](C)C. The van der Waals surface area contributed by atoms with Crippen molar-refractivity contribution >= 4 is 73.8 Å². The van der Waals surface area contributed by atoms with Gasteiger partial charge < -0.3 is 42.1 Å². The molecule has 0 bridgehead atoms. The van der Waals surface area contributed by atoms with Gasteiger partial charge in [0.15, 0.2) is 9.04 Å². The minimum atomic E-state index is -3.53. The Morgan fingerprint density at radius 2 is 0.906 bits per heavy atom. The molecule has 0 radical (unpaired) electrons. The predicted molar refractivity (Wildman–Crippen MR) is 145 cm³/mol. The highest BCUT2D eigenvalue weighted by Gasteiger charge is 2.53. The van der Waals surface area contributed by atoms with Crippen LogP contribution in [-0.4, -0.2) is 93.6 Å². The minimum Gasteiger partial charge on any atom is -0.440 e. The van der Waals surface area contributed by atoms with Gasteiger partial charge in [-0.25, -0.2) is 0 Å². The lowest BCUT2D eigenvalue weighted by molar-refractivity contribution is 0.108. The molecule has 0 atom stereocenters. The van der Waals surface area contributed by atoms with E-state index < -0.39 is 73.8 Å². The zero-order valence-electron chi connectivity index (χ0n) is 21.9. The van der Waals surface area contributed by atoms with Crippen molar-refractivity contribution in [1.29, 1.82) is 0 Å². The van der Waals surface area contributed by atoms with E-state index in [4.69, 9.17) is 42.1 Å². The minimum absolute atomic E-state index is 0.562. The lowest BCUT2D eigenvalue weighted by atomic mass is 10.9. The second-order valence-corrected chi connectivity index (χ2v) is 28.7. The van der Waals surface area contributed by atoms with Crippen molar-refractivity contribution in [3.63, 3.8) is 0 Å². The van der Waals surface area contributed by atoms with Gasteiger partial charge in [-0.15, -0.1) is 0 Å². The largest absolute Gasteiger partial charge is 0.642 e. The van der Waals surface area contributed by atoms with Crippen LogP contribution in [0.1, 0.15) is 20.8 Å². The first-order valence-electron chi connectivity index (χ1n) is 11.2. The first-order chi connectivity index (χ1) is 14.7. The Kier molecular flexibility index (Phi) is 16.8. The molecule has 0 saturated heterocycles. The Bertz CT molecular complexity index is 474. The molecule has 0 spiro atoms. The van der Waals surface area contributed by atoms with E-state index in [1.165, 1.54) is 0 Å². The molecule has 0 aromatic carbocycles. The fourth-order valence-electron chi connectivity index (χ4n) is 2.92. The van der Waals surface area contributed by atoms with Gasteiger partial charge in [-0.1, -0.05) is 0 Å². The molecule has 32 heavy (non-hydrogen) atoms. The summed E-state index contributed by atoms with van der Waals surface area (Å²) in [7, 11) is -16.5. The summed E-state index contributed by atoms with van der Waals surface area (Å²) in [6, 6.07) is 0. The van der Waals surface area contributed by atoms with Crippen molar-refractivity contribution in [1.82, 2.24) is 0 Å². The Balaban J connectivity index is 5.52. The first kappa shape index (κ1) is 33.3. The van der Waals surface area contributed by atoms with Gasteiger partial charge in [0.1, 0.15) is 0 Å². The molecule has 0 unspecified atom stereocenters. The summed E-state index contributed by atoms with van der Waals surface area (Å²) in [6.45, 7) is 23.9. The third kappa shape index (κ3) is 16.1. The molecule has 0 fully saturated rings. The van der Waals surface area contributed by atoms with Crippen LogP contribution in [0.25, 0.3) is 0 Å². The van der Waals surface area contributed by atoms with Gasteiger partial charge in [0.25, 0.3) is 30.0 Å². The molecule has 0 N–H and O–H groups in total. The molecular formula is C14H46O10Si8. The van der Waals surface area contributed by atoms with Crippen LogP contribution in [0.5, 0.6) is 0 Å². The molecule has 0 aliphatic carbocycles. The summed E-state index contributed by atoms with van der Waals surface area (Å²) in [4.78, 5) is 0. The fraction of sp³-hybridized carbons (Fsp3) is 1.00. The predicted octanol–water partition coefficient (Wildman–Crippen LogP) is 0.733. The third-order valence-electron chi connectivity index (χ3n) is 3.44. The smallest absolute Gasteiger partial charge is 0.440 e. The van der Waals surface area contributed by atoms with Gasteiger partial charge in [-0.2, -0.15) is 0 Å². The van der Waals surface area contributed by atoms with Gasteiger partial charge >= 0.3 is 34.7 Å². The second kappa shape index (κ2) is 16.2. The maximum atomic E-state index is 6.54. The van der Waals surface area contributed by atoms with E-state index in [9.17, 15) is 0 Å². The highest BCUT2D eigenvalue weighted by Crippen LogP contribution is 2.26. The summed E-state index contributed by atoms with van der Waals surface area (Å²) in [5, 5.41) is 0. The van der Waals surface area contributed by atoms with E-state index in [-0.39, 0.29) is 0 Å².